The van der Waals surface area contributed by atoms with Gasteiger partial charge in [-0.15, -0.1) is 0 Å². The molecule has 7 rings (SSSR count). The van der Waals surface area contributed by atoms with Gasteiger partial charge in [-0.2, -0.15) is 0 Å². The molecular formula is C46H36N2O11. The number of benzene rings is 6. The molecule has 0 amide bonds. The highest BCUT2D eigenvalue weighted by molar-refractivity contribution is 6.04. The van der Waals surface area contributed by atoms with Gasteiger partial charge in [-0.05, 0) is 65.4 Å². The monoisotopic (exact) mass is 792 g/mol. The van der Waals surface area contributed by atoms with E-state index in [1.54, 1.807) is 97.1 Å². The summed E-state index contributed by atoms with van der Waals surface area (Å²) in [5.41, 5.74) is 7.28. The van der Waals surface area contributed by atoms with E-state index < -0.39 is 72.8 Å². The van der Waals surface area contributed by atoms with E-state index in [9.17, 15) is 24.0 Å². The third-order valence-corrected chi connectivity index (χ3v) is 9.31. The molecule has 0 bridgehead atoms. The number of oxime groups is 1. The van der Waals surface area contributed by atoms with Gasteiger partial charge < -0.3 is 34.3 Å². The molecule has 6 aromatic carbocycles. The van der Waals surface area contributed by atoms with Crippen LogP contribution in [-0.4, -0.2) is 72.8 Å². The zero-order chi connectivity index (χ0) is 41.1. The summed E-state index contributed by atoms with van der Waals surface area (Å²) in [6.45, 7) is -0.585. The maximum absolute atomic E-state index is 13.9. The maximum atomic E-state index is 13.9. The second kappa shape index (κ2) is 18.5. The first-order chi connectivity index (χ1) is 28.8. The number of nitrogens with zero attached hydrogens (tertiary/aromatic N) is 1. The van der Waals surface area contributed by atoms with Crippen LogP contribution in [0.5, 0.6) is 0 Å². The zero-order valence-corrected chi connectivity index (χ0v) is 31.2. The summed E-state index contributed by atoms with van der Waals surface area (Å²) in [5, 5.41) is 5.28. The average Bonchev–Trinajstić information content (AvgIpc) is 3.29. The van der Waals surface area contributed by atoms with E-state index in [2.05, 4.69) is 5.16 Å². The summed E-state index contributed by atoms with van der Waals surface area (Å²) in [7, 11) is 0. The molecule has 5 atom stereocenters. The number of hydrogen-bond donors (Lipinski definition) is 1. The number of fused-ring (bicyclic) bond motifs is 1. The van der Waals surface area contributed by atoms with Crippen LogP contribution in [0, 0.1) is 0 Å². The minimum atomic E-state index is -1.70. The molecule has 13 heteroatoms. The van der Waals surface area contributed by atoms with E-state index in [1.807, 2.05) is 18.2 Å². The summed E-state index contributed by atoms with van der Waals surface area (Å²) in [6, 6.07) is 44.1. The van der Waals surface area contributed by atoms with E-state index in [1.165, 1.54) is 48.5 Å². The SMILES string of the molecule is N/C(=N\OC(=O)c1cccc2ccccc12)[C@@H]1O[C@H](COC(=O)c2ccccc2)[C@@H](OC(=O)c2ccccc2)[C@H](OC(=O)c2ccccc2)[C@H]1OC(=O)c1ccccc1. The van der Waals surface area contributed by atoms with Gasteiger partial charge in [0.15, 0.2) is 30.3 Å². The number of carbonyl (C=O) groups is 5. The van der Waals surface area contributed by atoms with Gasteiger partial charge in [0, 0.05) is 0 Å². The van der Waals surface area contributed by atoms with Crippen LogP contribution < -0.4 is 5.73 Å². The van der Waals surface area contributed by atoms with Gasteiger partial charge in [-0.3, -0.25) is 0 Å². The molecule has 1 aliphatic rings. The molecule has 1 heterocycles. The van der Waals surface area contributed by atoms with Gasteiger partial charge in [-0.1, -0.05) is 114 Å². The lowest BCUT2D eigenvalue weighted by Gasteiger charge is -2.44. The van der Waals surface area contributed by atoms with E-state index in [4.69, 9.17) is 34.3 Å². The first-order valence-corrected chi connectivity index (χ1v) is 18.4. The molecule has 13 nitrogen and oxygen atoms in total. The highest BCUT2D eigenvalue weighted by Gasteiger charge is 2.54. The third kappa shape index (κ3) is 9.50. The van der Waals surface area contributed by atoms with Crippen molar-refractivity contribution in [3.63, 3.8) is 0 Å². The fraction of sp³-hybridized carbons (Fsp3) is 0.130. The first-order valence-electron chi connectivity index (χ1n) is 18.4. The Balaban J connectivity index is 1.30. The van der Waals surface area contributed by atoms with E-state index in [0.29, 0.717) is 5.39 Å². The van der Waals surface area contributed by atoms with Crippen molar-refractivity contribution in [3.8, 4) is 0 Å². The van der Waals surface area contributed by atoms with Gasteiger partial charge in [-0.25, -0.2) is 24.0 Å². The second-order valence-corrected chi connectivity index (χ2v) is 13.2. The van der Waals surface area contributed by atoms with Crippen molar-refractivity contribution < 1.29 is 52.5 Å². The average molecular weight is 793 g/mol. The summed E-state index contributed by atoms with van der Waals surface area (Å²) in [5.74, 6) is -4.80. The lowest BCUT2D eigenvalue weighted by molar-refractivity contribution is -0.213. The largest absolute Gasteiger partial charge is 0.459 e. The maximum Gasteiger partial charge on any atom is 0.366 e. The molecule has 0 spiro atoms. The standard InChI is InChI=1S/C46H36N2O11/c47-41(48-59-46(53)35-27-15-25-29-16-13-14-26-34(29)35)40-39(58-45(52)33-23-11-4-12-24-33)38(57-44(51)32-21-9-3-10-22-32)37(56-43(50)31-19-7-2-8-20-31)36(55-40)28-54-42(49)30-17-5-1-6-18-30/h1-27,36-40H,28H2,(H2,47,48)/t36-,37-,38+,39-,40-/m1/s1. The topological polar surface area (TPSA) is 179 Å². The molecule has 0 saturated carbocycles. The Bertz CT molecular complexity index is 2460. The van der Waals surface area contributed by atoms with Crippen LogP contribution in [0.3, 0.4) is 0 Å². The molecule has 1 aliphatic heterocycles. The van der Waals surface area contributed by atoms with Crippen LogP contribution in [0.4, 0.5) is 0 Å². The Kier molecular flexibility index (Phi) is 12.4. The highest BCUT2D eigenvalue weighted by atomic mass is 16.7. The molecule has 0 aromatic heterocycles. The molecule has 0 radical (unpaired) electrons. The molecule has 1 fully saturated rings. The van der Waals surface area contributed by atoms with Crippen molar-refractivity contribution in [3.05, 3.63) is 192 Å². The minimum absolute atomic E-state index is 0.106. The van der Waals surface area contributed by atoms with Crippen molar-refractivity contribution in [1.82, 2.24) is 0 Å². The summed E-state index contributed by atoms with van der Waals surface area (Å²) < 4.78 is 30.2. The van der Waals surface area contributed by atoms with Crippen LogP contribution >= 0.6 is 0 Å². The Labute approximate surface area is 337 Å². The Morgan fingerprint density at radius 3 is 1.47 bits per heavy atom. The number of ether oxygens (including phenoxy) is 5. The molecule has 1 saturated heterocycles. The molecule has 296 valence electrons. The van der Waals surface area contributed by atoms with Crippen LogP contribution in [0.1, 0.15) is 51.8 Å². The summed E-state index contributed by atoms with van der Waals surface area (Å²) in [6.07, 6.45) is -8.09. The predicted octanol–water partition coefficient (Wildman–Crippen LogP) is 6.57. The van der Waals surface area contributed by atoms with Crippen LogP contribution in [0.2, 0.25) is 0 Å². The van der Waals surface area contributed by atoms with Crippen molar-refractivity contribution in [1.29, 1.82) is 0 Å². The third-order valence-electron chi connectivity index (χ3n) is 9.31. The Morgan fingerprint density at radius 2 is 0.932 bits per heavy atom. The Hall–Kier alpha value is -7.64. The van der Waals surface area contributed by atoms with Gasteiger partial charge >= 0.3 is 29.8 Å². The minimum Gasteiger partial charge on any atom is -0.459 e. The number of amidine groups is 1. The fourth-order valence-corrected chi connectivity index (χ4v) is 6.40. The van der Waals surface area contributed by atoms with Crippen molar-refractivity contribution in [2.45, 2.75) is 30.5 Å². The van der Waals surface area contributed by atoms with E-state index in [0.717, 1.165) is 5.39 Å². The van der Waals surface area contributed by atoms with Crippen LogP contribution in [-0.2, 0) is 28.5 Å². The number of esters is 4. The van der Waals surface area contributed by atoms with Crippen molar-refractivity contribution >= 4 is 46.5 Å². The molecular weight excluding hydrogens is 757 g/mol. The lowest BCUT2D eigenvalue weighted by Crippen LogP contribution is -2.65. The molecule has 59 heavy (non-hydrogen) atoms. The highest BCUT2D eigenvalue weighted by Crippen LogP contribution is 2.32. The normalized spacial score (nSPS) is 18.8. The summed E-state index contributed by atoms with van der Waals surface area (Å²) in [4.78, 5) is 73.4. The van der Waals surface area contributed by atoms with E-state index in [-0.39, 0.29) is 27.8 Å². The van der Waals surface area contributed by atoms with Crippen molar-refractivity contribution in [2.75, 3.05) is 6.61 Å². The Morgan fingerprint density at radius 1 is 0.492 bits per heavy atom. The second-order valence-electron chi connectivity index (χ2n) is 13.2. The molecule has 0 aliphatic carbocycles. The first kappa shape index (κ1) is 39.6. The number of rotatable bonds is 12. The van der Waals surface area contributed by atoms with Gasteiger partial charge in [0.25, 0.3) is 0 Å². The quantitative estimate of drug-likeness (QED) is 0.0352. The molecule has 6 aromatic rings. The zero-order valence-electron chi connectivity index (χ0n) is 31.2. The van der Waals surface area contributed by atoms with Crippen molar-refractivity contribution in [2.24, 2.45) is 10.9 Å². The molecule has 0 unspecified atom stereocenters. The smallest absolute Gasteiger partial charge is 0.366 e. The lowest BCUT2D eigenvalue weighted by atomic mass is 9.93. The van der Waals surface area contributed by atoms with Gasteiger partial charge in [0.2, 0.25) is 0 Å². The van der Waals surface area contributed by atoms with Gasteiger partial charge in [0.05, 0.1) is 27.8 Å². The van der Waals surface area contributed by atoms with Gasteiger partial charge in [0.1, 0.15) is 12.7 Å². The van der Waals surface area contributed by atoms with E-state index >= 15 is 0 Å². The summed E-state index contributed by atoms with van der Waals surface area (Å²) >= 11 is 0. The van der Waals surface area contributed by atoms with Crippen LogP contribution in [0.25, 0.3) is 10.8 Å². The van der Waals surface area contributed by atoms with Crippen LogP contribution in [0.15, 0.2) is 169 Å². The number of carbonyl (C=O) groups excluding carboxylic acids is 5. The number of hydrogen-bond acceptors (Lipinski definition) is 12. The predicted molar refractivity (Wildman–Crippen MR) is 213 cm³/mol. The number of nitrogens with two attached hydrogens (primary N) is 1. The molecule has 2 N–H and O–H groups in total. The fourth-order valence-electron chi connectivity index (χ4n) is 6.40.